The van der Waals surface area contributed by atoms with Crippen molar-refractivity contribution in [1.29, 1.82) is 0 Å². The molecule has 0 aromatic heterocycles. The van der Waals surface area contributed by atoms with E-state index in [0.29, 0.717) is 0 Å². The molecule has 5 heteroatoms. The van der Waals surface area contributed by atoms with Crippen LogP contribution in [0.1, 0.15) is 38.5 Å². The first-order valence-electron chi connectivity index (χ1n) is 5.90. The van der Waals surface area contributed by atoms with E-state index < -0.39 is 11.0 Å². The first-order valence-corrected chi connectivity index (χ1v) is 7.46. The van der Waals surface area contributed by atoms with Crippen LogP contribution in [0.15, 0.2) is 0 Å². The number of carbonyl (C=O) groups excluding carboxylic acids is 1. The van der Waals surface area contributed by atoms with Gasteiger partial charge >= 0.3 is 0 Å². The highest BCUT2D eigenvalue weighted by molar-refractivity contribution is 7.82. The second kappa shape index (κ2) is 6.35. The topological polar surface area (TPSA) is 58.2 Å². The quantitative estimate of drug-likeness (QED) is 0.759. The summed E-state index contributed by atoms with van der Waals surface area (Å²) in [7, 11) is 0.647. The molecule has 0 radical (unpaired) electrons. The van der Waals surface area contributed by atoms with Crippen molar-refractivity contribution in [2.24, 2.45) is 5.41 Å². The van der Waals surface area contributed by atoms with Gasteiger partial charge in [-0.05, 0) is 32.9 Å². The van der Waals surface area contributed by atoms with Crippen molar-refractivity contribution in [2.75, 3.05) is 19.8 Å². The van der Waals surface area contributed by atoms with E-state index in [1.807, 2.05) is 7.05 Å². The molecule has 4 nitrogen and oxygen atoms in total. The minimum atomic E-state index is -1.25. The molecule has 0 aromatic rings. The van der Waals surface area contributed by atoms with Gasteiger partial charge in [0.25, 0.3) is 0 Å². The monoisotopic (exact) mass is 246 g/mol. The Bertz CT molecular complexity index is 263. The fourth-order valence-electron chi connectivity index (χ4n) is 2.42. The van der Waals surface area contributed by atoms with Crippen LogP contribution in [0.5, 0.6) is 0 Å². The summed E-state index contributed by atoms with van der Waals surface area (Å²) in [5.41, 5.74) is -0.285. The molecule has 0 spiro atoms. The maximum Gasteiger partial charge on any atom is 0.237 e. The van der Waals surface area contributed by atoms with Gasteiger partial charge in [-0.3, -0.25) is 9.52 Å². The zero-order valence-electron chi connectivity index (χ0n) is 10.2. The van der Waals surface area contributed by atoms with Crippen LogP contribution in [0.25, 0.3) is 0 Å². The maximum absolute atomic E-state index is 12.1. The fourth-order valence-corrected chi connectivity index (χ4v) is 2.90. The highest BCUT2D eigenvalue weighted by Crippen LogP contribution is 2.39. The molecule has 0 saturated heterocycles. The first kappa shape index (κ1) is 13.6. The third kappa shape index (κ3) is 3.56. The molecule has 1 amide bonds. The molecule has 1 atom stereocenters. The molecule has 1 fully saturated rings. The van der Waals surface area contributed by atoms with Gasteiger partial charge in [0, 0.05) is 6.26 Å². The SMILES string of the molecule is CNCCC1(C(=O)NS(C)=O)CCCCC1. The summed E-state index contributed by atoms with van der Waals surface area (Å²) < 4.78 is 13.6. The van der Waals surface area contributed by atoms with Crippen LogP contribution in [-0.4, -0.2) is 30.0 Å². The van der Waals surface area contributed by atoms with Crippen molar-refractivity contribution in [3.63, 3.8) is 0 Å². The highest BCUT2D eigenvalue weighted by atomic mass is 32.2. The van der Waals surface area contributed by atoms with Crippen LogP contribution < -0.4 is 10.0 Å². The van der Waals surface area contributed by atoms with Gasteiger partial charge in [0.1, 0.15) is 11.0 Å². The second-order valence-corrected chi connectivity index (χ2v) is 5.69. The summed E-state index contributed by atoms with van der Waals surface area (Å²) in [6.07, 6.45) is 7.62. The van der Waals surface area contributed by atoms with E-state index in [2.05, 4.69) is 10.0 Å². The van der Waals surface area contributed by atoms with Gasteiger partial charge in [-0.25, -0.2) is 4.21 Å². The van der Waals surface area contributed by atoms with Crippen LogP contribution in [0, 0.1) is 5.41 Å². The molecular weight excluding hydrogens is 224 g/mol. The van der Waals surface area contributed by atoms with Gasteiger partial charge in [0.15, 0.2) is 0 Å². The summed E-state index contributed by atoms with van der Waals surface area (Å²) in [5, 5.41) is 3.09. The third-order valence-electron chi connectivity index (χ3n) is 3.38. The van der Waals surface area contributed by atoms with Crippen LogP contribution in [0.2, 0.25) is 0 Å². The lowest BCUT2D eigenvalue weighted by molar-refractivity contribution is -0.131. The Morgan fingerprint density at radius 2 is 1.94 bits per heavy atom. The Labute approximate surface area is 100 Å². The zero-order chi connectivity index (χ0) is 12.0. The Balaban J connectivity index is 2.68. The lowest BCUT2D eigenvalue weighted by atomic mass is 9.71. The van der Waals surface area contributed by atoms with E-state index in [-0.39, 0.29) is 11.3 Å². The number of amides is 1. The van der Waals surface area contributed by atoms with Crippen LogP contribution in [0.3, 0.4) is 0 Å². The summed E-state index contributed by atoms with van der Waals surface area (Å²) in [6.45, 7) is 0.837. The van der Waals surface area contributed by atoms with Gasteiger partial charge in [0.05, 0.1) is 5.41 Å². The van der Waals surface area contributed by atoms with Gasteiger partial charge in [0.2, 0.25) is 5.91 Å². The number of hydrogen-bond acceptors (Lipinski definition) is 3. The molecule has 0 aromatic carbocycles. The van der Waals surface area contributed by atoms with Crippen molar-refractivity contribution in [1.82, 2.24) is 10.0 Å². The van der Waals surface area contributed by atoms with Gasteiger partial charge in [-0.2, -0.15) is 0 Å². The maximum atomic E-state index is 12.1. The van der Waals surface area contributed by atoms with Crippen LogP contribution >= 0.6 is 0 Å². The van der Waals surface area contributed by atoms with Gasteiger partial charge in [-0.1, -0.05) is 19.3 Å². The first-order chi connectivity index (χ1) is 7.60. The minimum absolute atomic E-state index is 0.0247. The highest BCUT2D eigenvalue weighted by Gasteiger charge is 2.39. The molecule has 94 valence electrons. The van der Waals surface area contributed by atoms with E-state index in [0.717, 1.165) is 38.6 Å². The molecule has 0 heterocycles. The lowest BCUT2D eigenvalue weighted by Crippen LogP contribution is -2.44. The molecule has 1 saturated carbocycles. The number of nitrogens with one attached hydrogen (secondary N) is 2. The Hall–Kier alpha value is -0.420. The van der Waals surface area contributed by atoms with E-state index in [9.17, 15) is 9.00 Å². The van der Waals surface area contributed by atoms with Gasteiger partial charge < -0.3 is 5.32 Å². The van der Waals surface area contributed by atoms with E-state index in [1.165, 1.54) is 12.7 Å². The predicted octanol–water partition coefficient (Wildman–Crippen LogP) is 0.956. The lowest BCUT2D eigenvalue weighted by Gasteiger charge is -2.35. The number of rotatable bonds is 5. The van der Waals surface area contributed by atoms with Crippen molar-refractivity contribution in [3.05, 3.63) is 0 Å². The standard InChI is InChI=1S/C11H22N2O2S/c1-12-9-8-11(6-4-3-5-7-11)10(14)13-16(2)15/h12H,3-9H2,1-2H3,(H,13,14). The summed E-state index contributed by atoms with van der Waals surface area (Å²) >= 11 is 0. The second-order valence-electron chi connectivity index (χ2n) is 4.58. The van der Waals surface area contributed by atoms with Crippen molar-refractivity contribution < 1.29 is 9.00 Å². The van der Waals surface area contributed by atoms with E-state index >= 15 is 0 Å². The largest absolute Gasteiger partial charge is 0.320 e. The van der Waals surface area contributed by atoms with E-state index in [4.69, 9.17) is 0 Å². The fraction of sp³-hybridized carbons (Fsp3) is 0.909. The Kier molecular flexibility index (Phi) is 5.41. The summed E-state index contributed by atoms with van der Waals surface area (Å²) in [5.74, 6) is -0.0247. The van der Waals surface area contributed by atoms with E-state index in [1.54, 1.807) is 0 Å². The van der Waals surface area contributed by atoms with Crippen molar-refractivity contribution in [3.8, 4) is 0 Å². The normalized spacial score (nSPS) is 21.4. The molecule has 16 heavy (non-hydrogen) atoms. The van der Waals surface area contributed by atoms with Crippen LogP contribution in [0.4, 0.5) is 0 Å². The smallest absolute Gasteiger partial charge is 0.237 e. The average Bonchev–Trinajstić information content (AvgIpc) is 2.26. The molecule has 1 aliphatic rings. The molecule has 1 unspecified atom stereocenters. The summed E-state index contributed by atoms with van der Waals surface area (Å²) in [4.78, 5) is 12.1. The molecule has 0 bridgehead atoms. The minimum Gasteiger partial charge on any atom is -0.320 e. The Morgan fingerprint density at radius 1 is 1.31 bits per heavy atom. The third-order valence-corrected chi connectivity index (χ3v) is 3.86. The molecule has 1 aliphatic carbocycles. The number of carbonyl (C=O) groups is 1. The van der Waals surface area contributed by atoms with Crippen molar-refractivity contribution >= 4 is 16.9 Å². The zero-order valence-corrected chi connectivity index (χ0v) is 11.0. The molecule has 0 aliphatic heterocycles. The molecule has 1 rings (SSSR count). The molecular formula is C11H22N2O2S. The summed E-state index contributed by atoms with van der Waals surface area (Å²) in [6, 6.07) is 0. The predicted molar refractivity (Wildman–Crippen MR) is 66.3 cm³/mol. The van der Waals surface area contributed by atoms with Crippen molar-refractivity contribution in [2.45, 2.75) is 38.5 Å². The Morgan fingerprint density at radius 3 is 2.44 bits per heavy atom. The molecule has 2 N–H and O–H groups in total. The average molecular weight is 246 g/mol. The number of hydrogen-bond donors (Lipinski definition) is 2. The van der Waals surface area contributed by atoms with Crippen LogP contribution in [-0.2, 0) is 15.8 Å². The van der Waals surface area contributed by atoms with Gasteiger partial charge in [-0.15, -0.1) is 0 Å².